The minimum absolute atomic E-state index is 0.0567. The lowest BCUT2D eigenvalue weighted by atomic mass is 10.5. The molecule has 1 fully saturated rings. The molecule has 1 N–H and O–H groups in total. The number of carbonyl (C=O) groups is 1. The van der Waals surface area contributed by atoms with E-state index in [0.717, 1.165) is 11.6 Å². The van der Waals surface area contributed by atoms with Crippen molar-refractivity contribution in [1.82, 2.24) is 5.32 Å². The third-order valence-electron chi connectivity index (χ3n) is 0.670. The second-order valence-corrected chi connectivity index (χ2v) is 2.16. The summed E-state index contributed by atoms with van der Waals surface area (Å²) >= 11 is 1.66. The van der Waals surface area contributed by atoms with Gasteiger partial charge in [-0.2, -0.15) is 0 Å². The molecule has 0 aromatic carbocycles. The van der Waals surface area contributed by atoms with Gasteiger partial charge in [-0.1, -0.05) is 0 Å². The highest BCUT2D eigenvalue weighted by molar-refractivity contribution is 7.99. The van der Waals surface area contributed by atoms with Crippen LogP contribution in [0.5, 0.6) is 0 Å². The zero-order valence-electron chi connectivity index (χ0n) is 3.73. The Balaban J connectivity index is 2.25. The van der Waals surface area contributed by atoms with Crippen molar-refractivity contribution >= 4 is 17.7 Å². The van der Waals surface area contributed by atoms with Crippen LogP contribution < -0.4 is 5.32 Å². The molecule has 0 atom stereocenters. The van der Waals surface area contributed by atoms with Gasteiger partial charge in [-0.05, 0) is 0 Å². The molecule has 1 rings (SSSR count). The summed E-state index contributed by atoms with van der Waals surface area (Å²) in [6, 6.07) is 0. The topological polar surface area (TPSA) is 29.1 Å². The predicted molar refractivity (Wildman–Crippen MR) is 28.7 cm³/mol. The van der Waals surface area contributed by atoms with E-state index in [-0.39, 0.29) is 5.91 Å². The maximum Gasteiger partial charge on any atom is 0.230 e. The smallest absolute Gasteiger partial charge is 0.230 e. The van der Waals surface area contributed by atoms with E-state index in [1.165, 1.54) is 0 Å². The molecule has 0 spiro atoms. The average molecular weight is 115 g/mol. The molecule has 0 aromatic heterocycles. The zero-order valence-corrected chi connectivity index (χ0v) is 4.55. The summed E-state index contributed by atoms with van der Waals surface area (Å²) in [5.41, 5.74) is 0. The van der Waals surface area contributed by atoms with Gasteiger partial charge in [0.05, 0.1) is 12.3 Å². The number of thioether (sulfide) groups is 1. The van der Waals surface area contributed by atoms with Crippen LogP contribution in [0.25, 0.3) is 0 Å². The monoisotopic (exact) mass is 115 g/mol. The Bertz CT molecular complexity index is 75.8. The average Bonchev–Trinajstić information content (AvgIpc) is 1.69. The molecule has 1 saturated heterocycles. The van der Waals surface area contributed by atoms with E-state index in [1.54, 1.807) is 11.8 Å². The van der Waals surface area contributed by atoms with Crippen molar-refractivity contribution in [2.45, 2.75) is 0 Å². The molecule has 1 aliphatic rings. The quantitative estimate of drug-likeness (QED) is 0.477. The standard InChI is InChI=1S/C4H5NOS/c6-4-1-2-7-3-5-4/h2-3H2,(H,5,6). The van der Waals surface area contributed by atoms with Crippen LogP contribution in [0, 0.1) is 6.42 Å². The van der Waals surface area contributed by atoms with Gasteiger partial charge in [0.1, 0.15) is 0 Å². The summed E-state index contributed by atoms with van der Waals surface area (Å²) in [5.74, 6) is 1.43. The summed E-state index contributed by atoms with van der Waals surface area (Å²) in [5, 5.41) is 2.59. The Morgan fingerprint density at radius 1 is 1.86 bits per heavy atom. The third kappa shape index (κ3) is 1.39. The summed E-state index contributed by atoms with van der Waals surface area (Å²) in [4.78, 5) is 10.2. The van der Waals surface area contributed by atoms with Crippen LogP contribution in [0.15, 0.2) is 0 Å². The highest BCUT2D eigenvalue weighted by atomic mass is 32.2. The largest absolute Gasteiger partial charge is 0.347 e. The molecule has 1 heterocycles. The lowest BCUT2D eigenvalue weighted by Crippen LogP contribution is -2.27. The molecule has 38 valence electrons. The third-order valence-corrected chi connectivity index (χ3v) is 1.37. The van der Waals surface area contributed by atoms with Crippen molar-refractivity contribution in [3.05, 3.63) is 6.42 Å². The molecule has 0 aliphatic carbocycles. The number of rotatable bonds is 0. The molecular formula is C4H5NOS. The zero-order chi connectivity index (χ0) is 5.11. The number of hydrogen-bond donors (Lipinski definition) is 1. The highest BCUT2D eigenvalue weighted by Crippen LogP contribution is 2.03. The minimum atomic E-state index is -0.0567. The van der Waals surface area contributed by atoms with Crippen LogP contribution in [-0.2, 0) is 4.79 Å². The molecular weight excluding hydrogens is 110 g/mol. The van der Waals surface area contributed by atoms with E-state index in [9.17, 15) is 4.79 Å². The van der Waals surface area contributed by atoms with Crippen molar-refractivity contribution < 1.29 is 4.79 Å². The van der Waals surface area contributed by atoms with Crippen LogP contribution in [0.1, 0.15) is 0 Å². The first kappa shape index (κ1) is 4.97. The second-order valence-electron chi connectivity index (χ2n) is 1.18. The van der Waals surface area contributed by atoms with Gasteiger partial charge in [-0.3, -0.25) is 4.79 Å². The Morgan fingerprint density at radius 3 is 3.00 bits per heavy atom. The molecule has 0 aromatic rings. The fourth-order valence-corrected chi connectivity index (χ4v) is 0.915. The van der Waals surface area contributed by atoms with E-state index >= 15 is 0 Å². The maximum absolute atomic E-state index is 10.2. The van der Waals surface area contributed by atoms with Gasteiger partial charge in [0.15, 0.2) is 0 Å². The molecule has 3 heteroatoms. The highest BCUT2D eigenvalue weighted by Gasteiger charge is 2.05. The SMILES string of the molecule is O=C1[C]CSCN1. The van der Waals surface area contributed by atoms with Gasteiger partial charge < -0.3 is 5.32 Å². The minimum Gasteiger partial charge on any atom is -0.347 e. The first-order chi connectivity index (χ1) is 3.39. The van der Waals surface area contributed by atoms with Crippen molar-refractivity contribution in [1.29, 1.82) is 0 Å². The molecule has 1 amide bonds. The molecule has 0 unspecified atom stereocenters. The maximum atomic E-state index is 10.2. The van der Waals surface area contributed by atoms with Gasteiger partial charge in [0.25, 0.3) is 0 Å². The number of nitrogens with one attached hydrogen (secondary N) is 1. The van der Waals surface area contributed by atoms with E-state index in [4.69, 9.17) is 0 Å². The van der Waals surface area contributed by atoms with Crippen LogP contribution >= 0.6 is 11.8 Å². The first-order valence-corrected chi connectivity index (χ1v) is 3.14. The van der Waals surface area contributed by atoms with E-state index < -0.39 is 0 Å². The first-order valence-electron chi connectivity index (χ1n) is 1.99. The summed E-state index contributed by atoms with van der Waals surface area (Å²) in [6.07, 6.45) is 2.59. The predicted octanol–water partition coefficient (Wildman–Crippen LogP) is -0.112. The van der Waals surface area contributed by atoms with Crippen molar-refractivity contribution in [3.8, 4) is 0 Å². The molecule has 0 saturated carbocycles. The van der Waals surface area contributed by atoms with Gasteiger partial charge in [-0.15, -0.1) is 11.8 Å². The van der Waals surface area contributed by atoms with Crippen molar-refractivity contribution in [3.63, 3.8) is 0 Å². The van der Waals surface area contributed by atoms with Gasteiger partial charge in [0, 0.05) is 5.75 Å². The van der Waals surface area contributed by atoms with Crippen LogP contribution in [0.4, 0.5) is 0 Å². The summed E-state index contributed by atoms with van der Waals surface area (Å²) in [6.45, 7) is 0. The van der Waals surface area contributed by atoms with Crippen molar-refractivity contribution in [2.24, 2.45) is 0 Å². The van der Waals surface area contributed by atoms with Gasteiger partial charge in [-0.25, -0.2) is 0 Å². The fraction of sp³-hybridized carbons (Fsp3) is 0.500. The van der Waals surface area contributed by atoms with Crippen molar-refractivity contribution in [2.75, 3.05) is 11.6 Å². The summed E-state index contributed by atoms with van der Waals surface area (Å²) < 4.78 is 0. The number of hydrogen-bond acceptors (Lipinski definition) is 2. The van der Waals surface area contributed by atoms with Crippen LogP contribution in [0.3, 0.4) is 0 Å². The fourth-order valence-electron chi connectivity index (χ4n) is 0.347. The van der Waals surface area contributed by atoms with E-state index in [2.05, 4.69) is 11.7 Å². The second kappa shape index (κ2) is 2.21. The Morgan fingerprint density at radius 2 is 2.71 bits per heavy atom. The lowest BCUT2D eigenvalue weighted by molar-refractivity contribution is -0.117. The van der Waals surface area contributed by atoms with Crippen LogP contribution in [0.2, 0.25) is 0 Å². The normalized spacial score (nSPS) is 21.4. The Kier molecular flexibility index (Phi) is 1.57. The molecule has 1 aliphatic heterocycles. The molecule has 7 heavy (non-hydrogen) atoms. The Hall–Kier alpha value is -0.180. The van der Waals surface area contributed by atoms with E-state index in [0.29, 0.717) is 0 Å². The Labute approximate surface area is 46.7 Å². The van der Waals surface area contributed by atoms with E-state index in [1.807, 2.05) is 0 Å². The van der Waals surface area contributed by atoms with Gasteiger partial charge in [0.2, 0.25) is 5.91 Å². The molecule has 2 radical (unpaired) electrons. The number of amides is 1. The molecule has 2 nitrogen and oxygen atoms in total. The van der Waals surface area contributed by atoms with Gasteiger partial charge >= 0.3 is 0 Å². The summed E-state index contributed by atoms with van der Waals surface area (Å²) in [7, 11) is 0. The number of carbonyl (C=O) groups excluding carboxylic acids is 1. The molecule has 0 bridgehead atoms. The lowest BCUT2D eigenvalue weighted by Gasteiger charge is -2.07. The van der Waals surface area contributed by atoms with Crippen LogP contribution in [-0.4, -0.2) is 17.5 Å².